The summed E-state index contributed by atoms with van der Waals surface area (Å²) in [6.45, 7) is 2.88. The smallest absolute Gasteiger partial charge is 0.118 e. The summed E-state index contributed by atoms with van der Waals surface area (Å²) in [7, 11) is 1.67. The van der Waals surface area contributed by atoms with Crippen LogP contribution in [0.5, 0.6) is 5.75 Å². The van der Waals surface area contributed by atoms with Crippen molar-refractivity contribution in [2.75, 3.05) is 13.7 Å². The standard InChI is InChI=1S/C16H25NO2/c1-12-5-3-4-6-16(12)19-11-15(17)13-7-9-14(18-2)10-8-13/h7-10,12,15-16H,3-6,11,17H2,1-2H3. The Morgan fingerprint density at radius 2 is 1.89 bits per heavy atom. The van der Waals surface area contributed by atoms with E-state index in [0.717, 1.165) is 11.3 Å². The summed E-state index contributed by atoms with van der Waals surface area (Å²) in [4.78, 5) is 0. The molecular formula is C16H25NO2. The van der Waals surface area contributed by atoms with Gasteiger partial charge in [0.1, 0.15) is 5.75 Å². The Hall–Kier alpha value is -1.06. The molecule has 3 heteroatoms. The van der Waals surface area contributed by atoms with Crippen molar-refractivity contribution in [2.24, 2.45) is 11.7 Å². The fourth-order valence-corrected chi connectivity index (χ4v) is 2.70. The molecule has 0 bridgehead atoms. The average Bonchev–Trinajstić information content (AvgIpc) is 2.46. The molecule has 0 saturated heterocycles. The summed E-state index contributed by atoms with van der Waals surface area (Å²) in [5.41, 5.74) is 7.28. The molecule has 1 aromatic carbocycles. The molecule has 2 N–H and O–H groups in total. The Balaban J connectivity index is 1.84. The largest absolute Gasteiger partial charge is 0.497 e. The van der Waals surface area contributed by atoms with Crippen molar-refractivity contribution < 1.29 is 9.47 Å². The Kier molecular flexibility index (Phi) is 5.23. The molecule has 0 amide bonds. The van der Waals surface area contributed by atoms with Gasteiger partial charge in [-0.1, -0.05) is 31.9 Å². The second-order valence-electron chi connectivity index (χ2n) is 5.51. The van der Waals surface area contributed by atoms with Gasteiger partial charge in [0.2, 0.25) is 0 Å². The van der Waals surface area contributed by atoms with Crippen molar-refractivity contribution in [3.05, 3.63) is 29.8 Å². The average molecular weight is 263 g/mol. The molecule has 0 aromatic heterocycles. The van der Waals surface area contributed by atoms with Crippen molar-refractivity contribution in [1.29, 1.82) is 0 Å². The molecule has 0 radical (unpaired) electrons. The summed E-state index contributed by atoms with van der Waals surface area (Å²) < 4.78 is 11.2. The molecule has 0 spiro atoms. The van der Waals surface area contributed by atoms with Crippen molar-refractivity contribution >= 4 is 0 Å². The van der Waals surface area contributed by atoms with Crippen LogP contribution < -0.4 is 10.5 Å². The van der Waals surface area contributed by atoms with Gasteiger partial charge in [-0.15, -0.1) is 0 Å². The number of hydrogen-bond donors (Lipinski definition) is 1. The fourth-order valence-electron chi connectivity index (χ4n) is 2.70. The minimum absolute atomic E-state index is 0.0555. The third kappa shape index (κ3) is 3.95. The van der Waals surface area contributed by atoms with Crippen LogP contribution in [0.1, 0.15) is 44.2 Å². The molecule has 0 aliphatic heterocycles. The lowest BCUT2D eigenvalue weighted by Gasteiger charge is -2.29. The third-order valence-corrected chi connectivity index (χ3v) is 4.07. The van der Waals surface area contributed by atoms with Gasteiger partial charge in [-0.2, -0.15) is 0 Å². The lowest BCUT2D eigenvalue weighted by Crippen LogP contribution is -2.29. The molecule has 1 aliphatic carbocycles. The van der Waals surface area contributed by atoms with Crippen LogP contribution in [0.4, 0.5) is 0 Å². The monoisotopic (exact) mass is 263 g/mol. The normalized spacial score (nSPS) is 25.0. The van der Waals surface area contributed by atoms with Crippen molar-refractivity contribution in [2.45, 2.75) is 44.8 Å². The second kappa shape index (κ2) is 6.92. The molecule has 3 atom stereocenters. The Bertz CT molecular complexity index is 377. The van der Waals surface area contributed by atoms with E-state index in [-0.39, 0.29) is 6.04 Å². The molecule has 1 saturated carbocycles. The first-order chi connectivity index (χ1) is 9.20. The minimum Gasteiger partial charge on any atom is -0.497 e. The number of rotatable bonds is 5. The van der Waals surface area contributed by atoms with Crippen LogP contribution in [0, 0.1) is 5.92 Å². The van der Waals surface area contributed by atoms with Gasteiger partial charge < -0.3 is 15.2 Å². The van der Waals surface area contributed by atoms with Crippen LogP contribution in [-0.4, -0.2) is 19.8 Å². The Morgan fingerprint density at radius 3 is 2.53 bits per heavy atom. The van der Waals surface area contributed by atoms with E-state index in [2.05, 4.69) is 6.92 Å². The zero-order valence-electron chi connectivity index (χ0n) is 12.0. The third-order valence-electron chi connectivity index (χ3n) is 4.07. The molecule has 19 heavy (non-hydrogen) atoms. The molecule has 1 fully saturated rings. The van der Waals surface area contributed by atoms with Gasteiger partial charge in [0.05, 0.1) is 25.9 Å². The zero-order valence-corrected chi connectivity index (χ0v) is 12.0. The number of benzene rings is 1. The second-order valence-corrected chi connectivity index (χ2v) is 5.51. The summed E-state index contributed by atoms with van der Waals surface area (Å²) >= 11 is 0. The molecule has 3 nitrogen and oxygen atoms in total. The van der Waals surface area contributed by atoms with E-state index in [1.54, 1.807) is 7.11 Å². The number of hydrogen-bond acceptors (Lipinski definition) is 3. The molecule has 1 aliphatic rings. The number of ether oxygens (including phenoxy) is 2. The quantitative estimate of drug-likeness (QED) is 0.886. The minimum atomic E-state index is -0.0555. The van der Waals surface area contributed by atoms with Crippen LogP contribution in [0.25, 0.3) is 0 Å². The van der Waals surface area contributed by atoms with Gasteiger partial charge in [-0.3, -0.25) is 0 Å². The SMILES string of the molecule is COc1ccc(C(N)COC2CCCCC2C)cc1. The van der Waals surface area contributed by atoms with Crippen LogP contribution in [0.3, 0.4) is 0 Å². The first-order valence-corrected chi connectivity index (χ1v) is 7.22. The maximum absolute atomic E-state index is 6.18. The van der Waals surface area contributed by atoms with Crippen molar-refractivity contribution in [3.8, 4) is 5.75 Å². The highest BCUT2D eigenvalue weighted by atomic mass is 16.5. The zero-order chi connectivity index (χ0) is 13.7. The van der Waals surface area contributed by atoms with Gasteiger partial charge in [0.15, 0.2) is 0 Å². The van der Waals surface area contributed by atoms with Crippen LogP contribution in [0.2, 0.25) is 0 Å². The highest BCUT2D eigenvalue weighted by Crippen LogP contribution is 2.27. The lowest BCUT2D eigenvalue weighted by molar-refractivity contribution is -0.0113. The molecule has 1 aromatic rings. The van der Waals surface area contributed by atoms with E-state index < -0.39 is 0 Å². The van der Waals surface area contributed by atoms with Crippen LogP contribution in [0.15, 0.2) is 24.3 Å². The number of methoxy groups -OCH3 is 1. The lowest BCUT2D eigenvalue weighted by atomic mass is 9.88. The van der Waals surface area contributed by atoms with Crippen molar-refractivity contribution in [3.63, 3.8) is 0 Å². The number of nitrogens with two attached hydrogens (primary N) is 1. The van der Waals surface area contributed by atoms with Crippen molar-refractivity contribution in [1.82, 2.24) is 0 Å². The molecular weight excluding hydrogens is 238 g/mol. The van der Waals surface area contributed by atoms with E-state index in [1.807, 2.05) is 24.3 Å². The topological polar surface area (TPSA) is 44.5 Å². The van der Waals surface area contributed by atoms with Crippen LogP contribution >= 0.6 is 0 Å². The van der Waals surface area contributed by atoms with Gasteiger partial charge in [-0.05, 0) is 36.5 Å². The van der Waals surface area contributed by atoms with E-state index in [0.29, 0.717) is 18.6 Å². The van der Waals surface area contributed by atoms with E-state index in [1.165, 1.54) is 25.7 Å². The van der Waals surface area contributed by atoms with Gasteiger partial charge in [0.25, 0.3) is 0 Å². The Morgan fingerprint density at radius 1 is 1.21 bits per heavy atom. The van der Waals surface area contributed by atoms with Gasteiger partial charge >= 0.3 is 0 Å². The molecule has 106 valence electrons. The van der Waals surface area contributed by atoms with E-state index >= 15 is 0 Å². The summed E-state index contributed by atoms with van der Waals surface area (Å²) in [6, 6.07) is 7.85. The maximum Gasteiger partial charge on any atom is 0.118 e. The highest BCUT2D eigenvalue weighted by molar-refractivity contribution is 5.28. The Labute approximate surface area is 116 Å². The molecule has 2 rings (SSSR count). The fraction of sp³-hybridized carbons (Fsp3) is 0.625. The molecule has 3 unspecified atom stereocenters. The predicted molar refractivity (Wildman–Crippen MR) is 77.3 cm³/mol. The van der Waals surface area contributed by atoms with Gasteiger partial charge in [-0.25, -0.2) is 0 Å². The molecule has 0 heterocycles. The maximum atomic E-state index is 6.18. The van der Waals surface area contributed by atoms with Gasteiger partial charge in [0, 0.05) is 0 Å². The van der Waals surface area contributed by atoms with Crippen LogP contribution in [-0.2, 0) is 4.74 Å². The first kappa shape index (κ1) is 14.4. The van der Waals surface area contributed by atoms with E-state index in [9.17, 15) is 0 Å². The van der Waals surface area contributed by atoms with E-state index in [4.69, 9.17) is 15.2 Å². The summed E-state index contributed by atoms with van der Waals surface area (Å²) in [6.07, 6.45) is 5.47. The summed E-state index contributed by atoms with van der Waals surface area (Å²) in [5, 5.41) is 0. The highest BCUT2D eigenvalue weighted by Gasteiger charge is 2.22. The summed E-state index contributed by atoms with van der Waals surface area (Å²) in [5.74, 6) is 1.52. The predicted octanol–water partition coefficient (Wildman–Crippen LogP) is 3.29. The first-order valence-electron chi connectivity index (χ1n) is 7.22.